The van der Waals surface area contributed by atoms with Crippen LogP contribution in [0.15, 0.2) is 0 Å². The van der Waals surface area contributed by atoms with Crippen molar-refractivity contribution < 1.29 is 14.3 Å². The van der Waals surface area contributed by atoms with Gasteiger partial charge in [-0.2, -0.15) is 0 Å². The molecule has 0 aromatic heterocycles. The Morgan fingerprint density at radius 3 is 2.85 bits per heavy atom. The first-order valence-corrected chi connectivity index (χ1v) is 4.63. The van der Waals surface area contributed by atoms with Crippen molar-refractivity contribution in [1.82, 2.24) is 5.32 Å². The van der Waals surface area contributed by atoms with Crippen molar-refractivity contribution in [3.63, 3.8) is 0 Å². The summed E-state index contributed by atoms with van der Waals surface area (Å²) in [5.74, 6) is -0.163. The lowest BCUT2D eigenvalue weighted by Gasteiger charge is -2.47. The highest BCUT2D eigenvalue weighted by Crippen LogP contribution is 2.43. The number of carbonyl (C=O) groups excluding carboxylic acids is 1. The monoisotopic (exact) mass is 185 g/mol. The number of nitrogens with one attached hydrogen (secondary N) is 1. The second-order valence-electron chi connectivity index (χ2n) is 3.83. The van der Waals surface area contributed by atoms with Gasteiger partial charge in [0.2, 0.25) is 0 Å². The SMILES string of the molecule is COC(=O)C1NCC12CCOC2C. The molecule has 2 saturated heterocycles. The van der Waals surface area contributed by atoms with Gasteiger partial charge in [-0.25, -0.2) is 0 Å². The molecule has 3 unspecified atom stereocenters. The average molecular weight is 185 g/mol. The summed E-state index contributed by atoms with van der Waals surface area (Å²) in [4.78, 5) is 11.4. The lowest BCUT2D eigenvalue weighted by atomic mass is 9.69. The Hall–Kier alpha value is -0.610. The zero-order chi connectivity index (χ0) is 9.47. The Labute approximate surface area is 77.6 Å². The van der Waals surface area contributed by atoms with E-state index in [0.29, 0.717) is 0 Å². The van der Waals surface area contributed by atoms with Crippen molar-refractivity contribution in [2.24, 2.45) is 5.41 Å². The van der Waals surface area contributed by atoms with Crippen LogP contribution >= 0.6 is 0 Å². The number of hydrogen-bond acceptors (Lipinski definition) is 4. The third-order valence-corrected chi connectivity index (χ3v) is 3.39. The van der Waals surface area contributed by atoms with Gasteiger partial charge in [0.25, 0.3) is 0 Å². The molecule has 2 aliphatic rings. The molecule has 1 N–H and O–H groups in total. The van der Waals surface area contributed by atoms with Gasteiger partial charge in [0.15, 0.2) is 0 Å². The average Bonchev–Trinajstić information content (AvgIpc) is 2.47. The molecule has 13 heavy (non-hydrogen) atoms. The molecule has 1 spiro atoms. The fourth-order valence-electron chi connectivity index (χ4n) is 2.31. The van der Waals surface area contributed by atoms with Crippen molar-refractivity contribution in [2.75, 3.05) is 20.3 Å². The quantitative estimate of drug-likeness (QED) is 0.581. The van der Waals surface area contributed by atoms with Gasteiger partial charge in [0.1, 0.15) is 6.04 Å². The third kappa shape index (κ3) is 1.09. The van der Waals surface area contributed by atoms with Crippen LogP contribution < -0.4 is 5.32 Å². The molecule has 2 aliphatic heterocycles. The van der Waals surface area contributed by atoms with Crippen molar-refractivity contribution in [1.29, 1.82) is 0 Å². The summed E-state index contributed by atoms with van der Waals surface area (Å²) in [6.45, 7) is 3.66. The van der Waals surface area contributed by atoms with Crippen LogP contribution in [0, 0.1) is 5.41 Å². The third-order valence-electron chi connectivity index (χ3n) is 3.39. The highest BCUT2D eigenvalue weighted by Gasteiger charge is 2.57. The maximum atomic E-state index is 11.4. The molecule has 0 amide bonds. The minimum absolute atomic E-state index is 0.00704. The van der Waals surface area contributed by atoms with E-state index in [1.54, 1.807) is 0 Å². The van der Waals surface area contributed by atoms with Crippen LogP contribution in [0.3, 0.4) is 0 Å². The summed E-state index contributed by atoms with van der Waals surface area (Å²) in [6.07, 6.45) is 1.12. The van der Waals surface area contributed by atoms with E-state index in [1.165, 1.54) is 7.11 Å². The fourth-order valence-corrected chi connectivity index (χ4v) is 2.31. The molecule has 2 rings (SSSR count). The number of esters is 1. The van der Waals surface area contributed by atoms with Gasteiger partial charge in [-0.15, -0.1) is 0 Å². The normalized spacial score (nSPS) is 43.2. The first-order valence-electron chi connectivity index (χ1n) is 4.63. The lowest BCUT2D eigenvalue weighted by Crippen LogP contribution is -2.68. The van der Waals surface area contributed by atoms with Crippen LogP contribution in [0.5, 0.6) is 0 Å². The highest BCUT2D eigenvalue weighted by molar-refractivity contribution is 5.78. The van der Waals surface area contributed by atoms with Crippen LogP contribution in [0.1, 0.15) is 13.3 Å². The number of carbonyl (C=O) groups is 1. The first kappa shape index (κ1) is 8.97. The van der Waals surface area contributed by atoms with E-state index < -0.39 is 0 Å². The molecule has 74 valence electrons. The number of hydrogen-bond donors (Lipinski definition) is 1. The van der Waals surface area contributed by atoms with E-state index in [9.17, 15) is 4.79 Å². The smallest absolute Gasteiger partial charge is 0.323 e. The van der Waals surface area contributed by atoms with E-state index in [2.05, 4.69) is 5.32 Å². The van der Waals surface area contributed by atoms with Gasteiger partial charge < -0.3 is 14.8 Å². The summed E-state index contributed by atoms with van der Waals surface area (Å²) in [7, 11) is 1.43. The molecule has 0 aliphatic carbocycles. The molecule has 2 heterocycles. The van der Waals surface area contributed by atoms with Crippen LogP contribution in [-0.2, 0) is 14.3 Å². The van der Waals surface area contributed by atoms with Gasteiger partial charge in [-0.05, 0) is 13.3 Å². The van der Waals surface area contributed by atoms with E-state index in [-0.39, 0.29) is 23.5 Å². The Balaban J connectivity index is 2.11. The maximum absolute atomic E-state index is 11.4. The van der Waals surface area contributed by atoms with Gasteiger partial charge in [-0.3, -0.25) is 4.79 Å². The molecule has 0 radical (unpaired) electrons. The number of methoxy groups -OCH3 is 1. The molecule has 4 nitrogen and oxygen atoms in total. The Morgan fingerprint density at radius 1 is 1.69 bits per heavy atom. The minimum Gasteiger partial charge on any atom is -0.468 e. The molecule has 3 atom stereocenters. The predicted octanol–water partition coefficient (Wildman–Crippen LogP) is -0.0736. The largest absolute Gasteiger partial charge is 0.468 e. The maximum Gasteiger partial charge on any atom is 0.323 e. The highest BCUT2D eigenvalue weighted by atomic mass is 16.5. The van der Waals surface area contributed by atoms with Gasteiger partial charge >= 0.3 is 5.97 Å². The lowest BCUT2D eigenvalue weighted by molar-refractivity contribution is -0.154. The van der Waals surface area contributed by atoms with E-state index in [1.807, 2.05) is 6.92 Å². The van der Waals surface area contributed by atoms with Gasteiger partial charge in [-0.1, -0.05) is 0 Å². The first-order chi connectivity index (χ1) is 6.20. The Kier molecular flexibility index (Phi) is 2.04. The molecular formula is C9H15NO3. The summed E-state index contributed by atoms with van der Waals surface area (Å²) in [5, 5.41) is 3.10. The predicted molar refractivity (Wildman–Crippen MR) is 46.3 cm³/mol. The molecule has 0 saturated carbocycles. The van der Waals surface area contributed by atoms with Crippen LogP contribution in [-0.4, -0.2) is 38.4 Å². The molecule has 0 bridgehead atoms. The zero-order valence-electron chi connectivity index (χ0n) is 8.00. The van der Waals surface area contributed by atoms with E-state index in [0.717, 1.165) is 19.6 Å². The van der Waals surface area contributed by atoms with Crippen molar-refractivity contribution in [3.05, 3.63) is 0 Å². The number of ether oxygens (including phenoxy) is 2. The van der Waals surface area contributed by atoms with Crippen molar-refractivity contribution in [3.8, 4) is 0 Å². The topological polar surface area (TPSA) is 47.6 Å². The Morgan fingerprint density at radius 2 is 2.46 bits per heavy atom. The molecule has 0 aromatic rings. The zero-order valence-corrected chi connectivity index (χ0v) is 8.00. The van der Waals surface area contributed by atoms with E-state index >= 15 is 0 Å². The molecule has 4 heteroatoms. The summed E-state index contributed by atoms with van der Waals surface area (Å²) in [6, 6.07) is -0.157. The summed E-state index contributed by atoms with van der Waals surface area (Å²) in [5.41, 5.74) is 0.00704. The van der Waals surface area contributed by atoms with Crippen LogP contribution in [0.2, 0.25) is 0 Å². The molecular weight excluding hydrogens is 170 g/mol. The minimum atomic E-state index is -0.163. The number of rotatable bonds is 1. The van der Waals surface area contributed by atoms with Crippen LogP contribution in [0.25, 0.3) is 0 Å². The van der Waals surface area contributed by atoms with Crippen molar-refractivity contribution >= 4 is 5.97 Å². The van der Waals surface area contributed by atoms with Crippen LogP contribution in [0.4, 0.5) is 0 Å². The second kappa shape index (κ2) is 2.96. The molecule has 0 aromatic carbocycles. The van der Waals surface area contributed by atoms with E-state index in [4.69, 9.17) is 9.47 Å². The fraction of sp³-hybridized carbons (Fsp3) is 0.889. The van der Waals surface area contributed by atoms with Crippen molar-refractivity contribution in [2.45, 2.75) is 25.5 Å². The molecule has 2 fully saturated rings. The Bertz CT molecular complexity index is 231. The van der Waals surface area contributed by atoms with Gasteiger partial charge in [0.05, 0.1) is 13.2 Å². The standard InChI is InChI=1S/C9H15NO3/c1-6-9(3-4-13-6)5-10-7(9)8(11)12-2/h6-7,10H,3-5H2,1-2H3. The second-order valence-corrected chi connectivity index (χ2v) is 3.83. The van der Waals surface area contributed by atoms with Gasteiger partial charge in [0, 0.05) is 18.6 Å². The summed E-state index contributed by atoms with van der Waals surface area (Å²) < 4.78 is 10.2. The summed E-state index contributed by atoms with van der Waals surface area (Å²) >= 11 is 0.